The van der Waals surface area contributed by atoms with Gasteiger partial charge in [0.1, 0.15) is 11.4 Å². The van der Waals surface area contributed by atoms with Crippen LogP contribution in [0.2, 0.25) is 0 Å². The van der Waals surface area contributed by atoms with Crippen molar-refractivity contribution in [2.75, 3.05) is 34.4 Å². The fourth-order valence-corrected chi connectivity index (χ4v) is 6.56. The fraction of sp³-hybridized carbons (Fsp3) is 0.375. The Morgan fingerprint density at radius 3 is 2.46 bits per heavy atom. The smallest absolute Gasteiger partial charge is 0.439 e. The number of rotatable bonds is 4. The molecule has 1 N–H and O–H groups in total. The molecule has 206 valence electrons. The molecule has 2 amide bonds. The molecule has 1 aromatic carbocycles. The van der Waals surface area contributed by atoms with Crippen molar-refractivity contribution in [3.05, 3.63) is 53.2 Å². The number of anilines is 2. The summed E-state index contributed by atoms with van der Waals surface area (Å²) < 4.78 is 56.4. The summed E-state index contributed by atoms with van der Waals surface area (Å²) in [7, 11) is -2.80. The molecule has 2 fully saturated rings. The number of aromatic nitrogens is 1. The Morgan fingerprint density at radius 1 is 1.26 bits per heavy atom. The highest BCUT2D eigenvalue weighted by atomic mass is 32.2. The van der Waals surface area contributed by atoms with Crippen molar-refractivity contribution in [2.24, 2.45) is 4.36 Å². The van der Waals surface area contributed by atoms with Gasteiger partial charge in [-0.05, 0) is 55.9 Å². The summed E-state index contributed by atoms with van der Waals surface area (Å²) in [4.78, 5) is 33.0. The summed E-state index contributed by atoms with van der Waals surface area (Å²) in [5, 5.41) is 17.9. The van der Waals surface area contributed by atoms with Crippen LogP contribution in [0, 0.1) is 11.3 Å². The van der Waals surface area contributed by atoms with Gasteiger partial charge in [-0.1, -0.05) is 6.07 Å². The zero-order chi connectivity index (χ0) is 28.8. The molecule has 0 spiro atoms. The van der Waals surface area contributed by atoms with Gasteiger partial charge in [0.2, 0.25) is 0 Å². The Balaban J connectivity index is 1.53. The molecule has 1 aromatic heterocycles. The summed E-state index contributed by atoms with van der Waals surface area (Å²) in [6, 6.07) is 8.05. The van der Waals surface area contributed by atoms with Gasteiger partial charge in [-0.3, -0.25) is 9.69 Å². The van der Waals surface area contributed by atoms with E-state index in [9.17, 15) is 27.0 Å². The molecule has 3 heterocycles. The van der Waals surface area contributed by atoms with Crippen LogP contribution in [0.5, 0.6) is 0 Å². The number of carbonyl (C=O) groups excluding carboxylic acids is 1. The van der Waals surface area contributed by atoms with Crippen LogP contribution in [0.25, 0.3) is 0 Å². The molecule has 2 aromatic rings. The molecule has 0 radical (unpaired) electrons. The lowest BCUT2D eigenvalue weighted by Crippen LogP contribution is -2.43. The molecule has 2 aliphatic heterocycles. The highest BCUT2D eigenvalue weighted by Crippen LogP contribution is 2.38. The van der Waals surface area contributed by atoms with Crippen LogP contribution in [-0.2, 0) is 27.2 Å². The molecule has 0 aliphatic carbocycles. The van der Waals surface area contributed by atoms with Crippen LogP contribution in [0.1, 0.15) is 30.5 Å². The highest BCUT2D eigenvalue weighted by molar-refractivity contribution is 7.94. The van der Waals surface area contributed by atoms with Crippen LogP contribution < -0.4 is 9.80 Å². The second-order valence-corrected chi connectivity index (χ2v) is 12.4. The van der Waals surface area contributed by atoms with Crippen molar-refractivity contribution in [3.63, 3.8) is 0 Å². The maximum atomic E-state index is 13.5. The average molecular weight is 581 g/mol. The zero-order valence-corrected chi connectivity index (χ0v) is 22.4. The molecule has 4 rings (SSSR count). The summed E-state index contributed by atoms with van der Waals surface area (Å²) in [6.45, 7) is 4.02. The van der Waals surface area contributed by atoms with E-state index in [0.717, 1.165) is 17.0 Å². The topological polar surface area (TPSA) is 130 Å². The third-order valence-corrected chi connectivity index (χ3v) is 9.12. The Morgan fingerprint density at radius 2 is 1.92 bits per heavy atom. The lowest BCUT2D eigenvalue weighted by Gasteiger charge is -2.30. The number of nitrogens with zero attached hydrogens (tertiary/aromatic N) is 6. The fourth-order valence-electron chi connectivity index (χ4n) is 4.39. The molecule has 15 heteroatoms. The van der Waals surface area contributed by atoms with Crippen LogP contribution in [0.15, 0.2) is 40.9 Å². The standard InChI is InChI=1S/C24H23F3N6O4S2/c1-23(2)20(34)33(17-5-4-16(12-28)18(11-17)24(25,26)27)22(38)32(23)14-15-3-6-19(29-13-15)31-7-9-39(37,10-8-31)30-21(35)36/h3-6,11,13H,7-10,14H2,1-2H3,(H,35,36). The molecule has 10 nitrogen and oxygen atoms in total. The third-order valence-electron chi connectivity index (χ3n) is 6.59. The zero-order valence-electron chi connectivity index (χ0n) is 20.8. The first-order valence-corrected chi connectivity index (χ1v) is 13.9. The van der Waals surface area contributed by atoms with E-state index in [-0.39, 0.29) is 28.9 Å². The number of carboxylic acid groups (broad SMARTS) is 1. The molecule has 0 atom stereocenters. The predicted octanol–water partition coefficient (Wildman–Crippen LogP) is 3.85. The number of alkyl halides is 3. The van der Waals surface area contributed by atoms with E-state index < -0.39 is 44.6 Å². The molecule has 39 heavy (non-hydrogen) atoms. The van der Waals surface area contributed by atoms with Crippen molar-refractivity contribution >= 4 is 50.6 Å². The lowest BCUT2D eigenvalue weighted by molar-refractivity contribution is -0.137. The molecular formula is C24H23F3N6O4S2. The predicted molar refractivity (Wildman–Crippen MR) is 141 cm³/mol. The summed E-state index contributed by atoms with van der Waals surface area (Å²) >= 11 is 5.52. The first-order valence-electron chi connectivity index (χ1n) is 11.6. The number of halogens is 3. The van der Waals surface area contributed by atoms with Crippen molar-refractivity contribution in [1.82, 2.24) is 9.88 Å². The minimum Gasteiger partial charge on any atom is -0.463 e. The Labute approximate surface area is 227 Å². The van der Waals surface area contributed by atoms with Gasteiger partial charge in [0.05, 0.1) is 44.1 Å². The Hall–Kier alpha value is -3.77. The number of nitriles is 1. The lowest BCUT2D eigenvalue weighted by atomic mass is 10.0. The maximum Gasteiger partial charge on any atom is 0.439 e. The van der Waals surface area contributed by atoms with Gasteiger partial charge in [0, 0.05) is 25.8 Å². The third kappa shape index (κ3) is 5.52. The maximum absolute atomic E-state index is 13.5. The average Bonchev–Trinajstić information content (AvgIpc) is 3.02. The van der Waals surface area contributed by atoms with E-state index in [4.69, 9.17) is 22.6 Å². The number of amides is 2. The molecule has 2 saturated heterocycles. The van der Waals surface area contributed by atoms with Crippen molar-refractivity contribution in [3.8, 4) is 6.07 Å². The van der Waals surface area contributed by atoms with Gasteiger partial charge in [-0.2, -0.15) is 18.4 Å². The largest absolute Gasteiger partial charge is 0.463 e. The SMILES string of the molecule is CC1(C)C(=O)N(c2ccc(C#N)c(C(F)(F)F)c2)C(=S)N1Cc1ccc(N2CCS(=O)(=NC(=O)O)CC2)nc1. The molecular weight excluding hydrogens is 557 g/mol. The minimum absolute atomic E-state index is 0.0138. The summed E-state index contributed by atoms with van der Waals surface area (Å²) in [5.41, 5.74) is -2.29. The molecule has 0 saturated carbocycles. The minimum atomic E-state index is -4.79. The van der Waals surface area contributed by atoms with E-state index in [2.05, 4.69) is 9.35 Å². The van der Waals surface area contributed by atoms with Crippen LogP contribution in [0.3, 0.4) is 0 Å². The molecule has 0 bridgehead atoms. The second-order valence-electron chi connectivity index (χ2n) is 9.47. The van der Waals surface area contributed by atoms with E-state index in [0.29, 0.717) is 24.5 Å². The van der Waals surface area contributed by atoms with E-state index in [1.807, 2.05) is 4.90 Å². The van der Waals surface area contributed by atoms with Gasteiger partial charge in [0.25, 0.3) is 5.91 Å². The van der Waals surface area contributed by atoms with Crippen molar-refractivity contribution in [1.29, 1.82) is 5.26 Å². The van der Waals surface area contributed by atoms with Gasteiger partial charge in [-0.25, -0.2) is 14.0 Å². The number of benzene rings is 1. The number of pyridine rings is 1. The van der Waals surface area contributed by atoms with E-state index in [1.165, 1.54) is 12.1 Å². The van der Waals surface area contributed by atoms with Gasteiger partial charge < -0.3 is 14.9 Å². The monoisotopic (exact) mass is 580 g/mol. The molecule has 0 unspecified atom stereocenters. The van der Waals surface area contributed by atoms with Crippen molar-refractivity contribution < 1.29 is 32.1 Å². The number of hydrogen-bond acceptors (Lipinski definition) is 7. The molecule has 2 aliphatic rings. The van der Waals surface area contributed by atoms with Gasteiger partial charge >= 0.3 is 12.3 Å². The quantitative estimate of drug-likeness (QED) is 0.536. The van der Waals surface area contributed by atoms with E-state index in [1.54, 1.807) is 37.1 Å². The second kappa shape index (κ2) is 10.1. The number of hydrogen-bond donors (Lipinski definition) is 1. The van der Waals surface area contributed by atoms with Gasteiger partial charge in [-0.15, -0.1) is 4.36 Å². The van der Waals surface area contributed by atoms with Crippen LogP contribution in [0.4, 0.5) is 29.5 Å². The number of carbonyl (C=O) groups is 2. The van der Waals surface area contributed by atoms with Crippen LogP contribution in [-0.4, -0.2) is 66.4 Å². The highest BCUT2D eigenvalue weighted by Gasteiger charge is 2.50. The van der Waals surface area contributed by atoms with Crippen molar-refractivity contribution in [2.45, 2.75) is 32.1 Å². The van der Waals surface area contributed by atoms with Crippen LogP contribution >= 0.6 is 12.2 Å². The van der Waals surface area contributed by atoms with Gasteiger partial charge in [0.15, 0.2) is 5.11 Å². The summed E-state index contributed by atoms with van der Waals surface area (Å²) in [5.74, 6) is 0.275. The van der Waals surface area contributed by atoms with E-state index >= 15 is 0 Å². The number of thiocarbonyl (C=S) groups is 1. The first kappa shape index (κ1) is 28.2. The Kier molecular flexibility index (Phi) is 7.30. The normalized spacial score (nSPS) is 18.7. The Bertz CT molecular complexity index is 1500. The first-order chi connectivity index (χ1) is 18.2. The summed E-state index contributed by atoms with van der Waals surface area (Å²) in [6.07, 6.45) is -4.65.